The number of hydrogen-bond donors (Lipinski definition) is 0. The molecule has 2 unspecified atom stereocenters. The van der Waals surface area contributed by atoms with Gasteiger partial charge in [-0.15, -0.1) is 0 Å². The molecule has 1 aliphatic rings. The first-order valence-corrected chi connectivity index (χ1v) is 5.47. The van der Waals surface area contributed by atoms with Crippen molar-refractivity contribution in [2.24, 2.45) is 11.8 Å². The molecule has 0 aromatic rings. The Kier molecular flexibility index (Phi) is 3.17. The highest BCUT2D eigenvalue weighted by atomic mass is 79.9. The molecular formula is C10H16BrN. The summed E-state index contributed by atoms with van der Waals surface area (Å²) in [5, 5.41) is 8.95. The van der Waals surface area contributed by atoms with Gasteiger partial charge in [0.1, 0.15) is 4.32 Å². The van der Waals surface area contributed by atoms with Crippen molar-refractivity contribution in [2.45, 2.75) is 43.9 Å². The molecule has 1 saturated carbocycles. The minimum absolute atomic E-state index is 0.208. The predicted octanol–water partition coefficient (Wildman–Crippen LogP) is 3.49. The van der Waals surface area contributed by atoms with E-state index in [0.717, 1.165) is 24.7 Å². The van der Waals surface area contributed by atoms with Crippen LogP contribution in [0.25, 0.3) is 0 Å². The molecule has 0 amide bonds. The Morgan fingerprint density at radius 1 is 1.58 bits per heavy atom. The first-order chi connectivity index (χ1) is 5.57. The van der Waals surface area contributed by atoms with Crippen LogP contribution in [-0.4, -0.2) is 4.32 Å². The minimum atomic E-state index is -0.208. The van der Waals surface area contributed by atoms with Gasteiger partial charge in [-0.25, -0.2) is 0 Å². The zero-order chi connectivity index (χ0) is 9.19. The summed E-state index contributed by atoms with van der Waals surface area (Å²) in [5.74, 6) is 1.45. The fourth-order valence-corrected chi connectivity index (χ4v) is 2.63. The Hall–Kier alpha value is -0.0300. The number of hydrogen-bond acceptors (Lipinski definition) is 1. The second kappa shape index (κ2) is 3.79. The minimum Gasteiger partial charge on any atom is -0.197 e. The molecule has 1 aliphatic carbocycles. The van der Waals surface area contributed by atoms with E-state index in [9.17, 15) is 0 Å². The topological polar surface area (TPSA) is 23.8 Å². The summed E-state index contributed by atoms with van der Waals surface area (Å²) in [6.07, 6.45) is 4.54. The predicted molar refractivity (Wildman–Crippen MR) is 54.1 cm³/mol. The normalized spacial score (nSPS) is 36.4. The standard InChI is InChI=1S/C10H16BrN/c1-8(2)9-4-3-5-10(11,6-9)7-12/h8-9H,3-6H2,1-2H3. The molecule has 1 rings (SSSR count). The van der Waals surface area contributed by atoms with Gasteiger partial charge in [0.25, 0.3) is 0 Å². The maximum atomic E-state index is 8.95. The van der Waals surface area contributed by atoms with E-state index in [4.69, 9.17) is 5.26 Å². The van der Waals surface area contributed by atoms with Gasteiger partial charge >= 0.3 is 0 Å². The molecule has 12 heavy (non-hydrogen) atoms. The molecule has 1 nitrogen and oxygen atoms in total. The molecule has 0 aromatic carbocycles. The quantitative estimate of drug-likeness (QED) is 0.632. The van der Waals surface area contributed by atoms with Crippen LogP contribution in [0.1, 0.15) is 39.5 Å². The number of nitriles is 1. The van der Waals surface area contributed by atoms with Crippen LogP contribution in [0.5, 0.6) is 0 Å². The smallest absolute Gasteiger partial charge is 0.112 e. The van der Waals surface area contributed by atoms with Crippen molar-refractivity contribution in [1.29, 1.82) is 5.26 Å². The summed E-state index contributed by atoms with van der Waals surface area (Å²) in [4.78, 5) is 0. The summed E-state index contributed by atoms with van der Waals surface area (Å²) in [6.45, 7) is 4.50. The number of alkyl halides is 1. The number of rotatable bonds is 1. The van der Waals surface area contributed by atoms with E-state index in [1.807, 2.05) is 0 Å². The Bertz CT molecular complexity index is 195. The van der Waals surface area contributed by atoms with Crippen molar-refractivity contribution in [3.05, 3.63) is 0 Å². The Balaban J connectivity index is 2.58. The van der Waals surface area contributed by atoms with E-state index in [1.165, 1.54) is 12.8 Å². The lowest BCUT2D eigenvalue weighted by Gasteiger charge is -2.33. The van der Waals surface area contributed by atoms with Gasteiger partial charge in [0.2, 0.25) is 0 Å². The van der Waals surface area contributed by atoms with Crippen LogP contribution >= 0.6 is 15.9 Å². The van der Waals surface area contributed by atoms with Gasteiger partial charge in [0, 0.05) is 0 Å². The largest absolute Gasteiger partial charge is 0.197 e. The van der Waals surface area contributed by atoms with E-state index in [-0.39, 0.29) is 4.32 Å². The lowest BCUT2D eigenvalue weighted by atomic mass is 9.77. The van der Waals surface area contributed by atoms with Crippen molar-refractivity contribution in [3.63, 3.8) is 0 Å². The number of halogens is 1. The molecule has 2 heteroatoms. The Morgan fingerprint density at radius 3 is 2.75 bits per heavy atom. The van der Waals surface area contributed by atoms with Crippen molar-refractivity contribution >= 4 is 15.9 Å². The van der Waals surface area contributed by atoms with Crippen molar-refractivity contribution in [3.8, 4) is 6.07 Å². The summed E-state index contributed by atoms with van der Waals surface area (Å²) in [7, 11) is 0. The molecule has 2 atom stereocenters. The van der Waals surface area contributed by atoms with Crippen molar-refractivity contribution in [2.75, 3.05) is 0 Å². The monoisotopic (exact) mass is 229 g/mol. The molecule has 1 fully saturated rings. The van der Waals surface area contributed by atoms with Crippen LogP contribution in [0.15, 0.2) is 0 Å². The summed E-state index contributed by atoms with van der Waals surface area (Å²) < 4.78 is -0.208. The molecule has 0 aliphatic heterocycles. The zero-order valence-corrected chi connectivity index (χ0v) is 9.39. The zero-order valence-electron chi connectivity index (χ0n) is 7.81. The van der Waals surface area contributed by atoms with Crippen LogP contribution in [0.4, 0.5) is 0 Å². The summed E-state index contributed by atoms with van der Waals surface area (Å²) in [6, 6.07) is 2.38. The lowest BCUT2D eigenvalue weighted by Crippen LogP contribution is -2.29. The molecule has 0 spiro atoms. The van der Waals surface area contributed by atoms with E-state index in [2.05, 4.69) is 35.8 Å². The highest BCUT2D eigenvalue weighted by molar-refractivity contribution is 9.10. The SMILES string of the molecule is CC(C)C1CCCC(Br)(C#N)C1. The van der Waals surface area contributed by atoms with E-state index < -0.39 is 0 Å². The molecule has 0 heterocycles. The average Bonchev–Trinajstić information content (AvgIpc) is 2.05. The Morgan fingerprint density at radius 2 is 2.25 bits per heavy atom. The van der Waals surface area contributed by atoms with Gasteiger partial charge in [-0.1, -0.05) is 42.6 Å². The molecule has 0 aromatic heterocycles. The van der Waals surface area contributed by atoms with Crippen molar-refractivity contribution < 1.29 is 0 Å². The average molecular weight is 230 g/mol. The first kappa shape index (κ1) is 10.1. The van der Waals surface area contributed by atoms with Crippen LogP contribution in [0, 0.1) is 23.2 Å². The third-order valence-electron chi connectivity index (χ3n) is 2.88. The Labute approximate surface area is 83.3 Å². The first-order valence-electron chi connectivity index (χ1n) is 4.67. The third-order valence-corrected chi connectivity index (χ3v) is 3.77. The molecule has 68 valence electrons. The van der Waals surface area contributed by atoms with Crippen LogP contribution in [-0.2, 0) is 0 Å². The van der Waals surface area contributed by atoms with Gasteiger partial charge in [-0.05, 0) is 24.7 Å². The van der Waals surface area contributed by atoms with Gasteiger partial charge < -0.3 is 0 Å². The molecule has 0 radical (unpaired) electrons. The molecular weight excluding hydrogens is 214 g/mol. The maximum Gasteiger partial charge on any atom is 0.112 e. The molecule has 0 N–H and O–H groups in total. The second-order valence-electron chi connectivity index (χ2n) is 4.18. The van der Waals surface area contributed by atoms with Crippen LogP contribution < -0.4 is 0 Å². The van der Waals surface area contributed by atoms with Gasteiger partial charge in [-0.2, -0.15) is 5.26 Å². The lowest BCUT2D eigenvalue weighted by molar-refractivity contribution is 0.264. The van der Waals surface area contributed by atoms with E-state index in [1.54, 1.807) is 0 Å². The second-order valence-corrected chi connectivity index (χ2v) is 5.70. The van der Waals surface area contributed by atoms with Gasteiger partial charge in [0.05, 0.1) is 6.07 Å². The molecule has 0 bridgehead atoms. The third kappa shape index (κ3) is 2.23. The van der Waals surface area contributed by atoms with E-state index in [0.29, 0.717) is 0 Å². The fourth-order valence-electron chi connectivity index (χ4n) is 1.93. The maximum absolute atomic E-state index is 8.95. The number of nitrogens with zero attached hydrogens (tertiary/aromatic N) is 1. The van der Waals surface area contributed by atoms with E-state index >= 15 is 0 Å². The summed E-state index contributed by atoms with van der Waals surface area (Å²) in [5.41, 5.74) is 0. The fraction of sp³-hybridized carbons (Fsp3) is 0.900. The molecule has 0 saturated heterocycles. The van der Waals surface area contributed by atoms with Gasteiger partial charge in [0.15, 0.2) is 0 Å². The highest BCUT2D eigenvalue weighted by Gasteiger charge is 2.34. The summed E-state index contributed by atoms with van der Waals surface area (Å²) >= 11 is 3.54. The van der Waals surface area contributed by atoms with Crippen LogP contribution in [0.3, 0.4) is 0 Å². The van der Waals surface area contributed by atoms with Crippen LogP contribution in [0.2, 0.25) is 0 Å². The van der Waals surface area contributed by atoms with Gasteiger partial charge in [-0.3, -0.25) is 0 Å². The van der Waals surface area contributed by atoms with Crippen molar-refractivity contribution in [1.82, 2.24) is 0 Å². The highest BCUT2D eigenvalue weighted by Crippen LogP contribution is 2.41.